The summed E-state index contributed by atoms with van der Waals surface area (Å²) in [6.45, 7) is 5.52. The minimum atomic E-state index is 0.0230. The summed E-state index contributed by atoms with van der Waals surface area (Å²) in [6.07, 6.45) is 1.78. The molecule has 0 saturated carbocycles. The van der Waals surface area contributed by atoms with Gasteiger partial charge in [-0.1, -0.05) is 6.07 Å². The van der Waals surface area contributed by atoms with Gasteiger partial charge in [-0.2, -0.15) is 0 Å². The van der Waals surface area contributed by atoms with Crippen LogP contribution in [0.3, 0.4) is 0 Å². The lowest BCUT2D eigenvalue weighted by molar-refractivity contribution is -0.116. The van der Waals surface area contributed by atoms with Crippen molar-refractivity contribution in [3.05, 3.63) is 41.2 Å². The van der Waals surface area contributed by atoms with E-state index in [4.69, 9.17) is 0 Å². The topological polar surface area (TPSA) is 58.1 Å². The molecule has 1 N–H and O–H groups in total. The minimum absolute atomic E-state index is 0.0230. The maximum Gasteiger partial charge on any atom is 0.225 e. The summed E-state index contributed by atoms with van der Waals surface area (Å²) in [5.74, 6) is 0.0230. The molecule has 2 heterocycles. The first-order valence-corrected chi connectivity index (χ1v) is 7.41. The summed E-state index contributed by atoms with van der Waals surface area (Å²) in [5, 5.41) is 6.03. The monoisotopic (exact) mass is 290 g/mol. The van der Waals surface area contributed by atoms with Gasteiger partial charge >= 0.3 is 0 Å². The Balaban J connectivity index is 1.88. The number of hydrogen-bond acceptors (Lipinski definition) is 5. The van der Waals surface area contributed by atoms with Gasteiger partial charge in [-0.05, 0) is 19.1 Å². The average molecular weight is 290 g/mol. The SMILES string of the molecule is CCN(C(C)=O)c1nc(CNCc2ccccn2)cs1. The highest BCUT2D eigenvalue weighted by molar-refractivity contribution is 7.14. The van der Waals surface area contributed by atoms with Gasteiger partial charge in [-0.3, -0.25) is 14.7 Å². The Bertz CT molecular complexity index is 555. The van der Waals surface area contributed by atoms with Crippen molar-refractivity contribution in [1.82, 2.24) is 15.3 Å². The van der Waals surface area contributed by atoms with Crippen molar-refractivity contribution in [2.45, 2.75) is 26.9 Å². The molecule has 2 aromatic heterocycles. The summed E-state index contributed by atoms with van der Waals surface area (Å²) in [7, 11) is 0. The molecule has 20 heavy (non-hydrogen) atoms. The molecule has 6 heteroatoms. The lowest BCUT2D eigenvalue weighted by Crippen LogP contribution is -2.27. The zero-order valence-electron chi connectivity index (χ0n) is 11.7. The van der Waals surface area contributed by atoms with Gasteiger partial charge < -0.3 is 5.32 Å². The highest BCUT2D eigenvalue weighted by Gasteiger charge is 2.13. The third-order valence-electron chi connectivity index (χ3n) is 2.81. The van der Waals surface area contributed by atoms with Gasteiger partial charge in [0.1, 0.15) is 0 Å². The molecular weight excluding hydrogens is 272 g/mol. The van der Waals surface area contributed by atoms with Crippen molar-refractivity contribution in [3.63, 3.8) is 0 Å². The average Bonchev–Trinajstić information content (AvgIpc) is 2.89. The van der Waals surface area contributed by atoms with E-state index in [9.17, 15) is 4.79 Å². The molecule has 1 amide bonds. The molecule has 2 aromatic rings. The quantitative estimate of drug-likeness (QED) is 0.886. The predicted octanol–water partition coefficient (Wildman–Crippen LogP) is 2.20. The summed E-state index contributed by atoms with van der Waals surface area (Å²) in [5.41, 5.74) is 1.95. The molecule has 0 radical (unpaired) electrons. The highest BCUT2D eigenvalue weighted by Crippen LogP contribution is 2.20. The van der Waals surface area contributed by atoms with Crippen LogP contribution in [0.2, 0.25) is 0 Å². The van der Waals surface area contributed by atoms with Gasteiger partial charge in [0.25, 0.3) is 0 Å². The molecular formula is C14H18N4OS. The van der Waals surface area contributed by atoms with Crippen LogP contribution in [0.15, 0.2) is 29.8 Å². The van der Waals surface area contributed by atoms with Crippen molar-refractivity contribution in [2.24, 2.45) is 0 Å². The van der Waals surface area contributed by atoms with Crippen LogP contribution in [-0.2, 0) is 17.9 Å². The van der Waals surface area contributed by atoms with E-state index in [0.717, 1.165) is 16.5 Å². The van der Waals surface area contributed by atoms with Crippen LogP contribution in [-0.4, -0.2) is 22.4 Å². The lowest BCUT2D eigenvalue weighted by Gasteiger charge is -2.14. The largest absolute Gasteiger partial charge is 0.305 e. The number of rotatable bonds is 6. The van der Waals surface area contributed by atoms with Crippen LogP contribution < -0.4 is 10.2 Å². The molecule has 106 valence electrons. The molecule has 0 fully saturated rings. The van der Waals surface area contributed by atoms with E-state index in [1.807, 2.05) is 30.5 Å². The predicted molar refractivity (Wildman–Crippen MR) is 80.6 cm³/mol. The second-order valence-corrected chi connectivity index (χ2v) is 5.15. The van der Waals surface area contributed by atoms with E-state index in [0.29, 0.717) is 19.6 Å². The normalized spacial score (nSPS) is 10.5. The smallest absolute Gasteiger partial charge is 0.225 e. The zero-order valence-corrected chi connectivity index (χ0v) is 12.5. The first-order chi connectivity index (χ1) is 9.70. The Hall–Kier alpha value is -1.79. The van der Waals surface area contributed by atoms with Gasteiger partial charge in [-0.15, -0.1) is 11.3 Å². The number of carbonyl (C=O) groups is 1. The molecule has 0 saturated heterocycles. The van der Waals surface area contributed by atoms with Gasteiger partial charge in [0.15, 0.2) is 5.13 Å². The number of nitrogens with zero attached hydrogens (tertiary/aromatic N) is 3. The van der Waals surface area contributed by atoms with E-state index in [2.05, 4.69) is 15.3 Å². The van der Waals surface area contributed by atoms with Crippen LogP contribution >= 0.6 is 11.3 Å². The van der Waals surface area contributed by atoms with Gasteiger partial charge in [0, 0.05) is 38.1 Å². The molecule has 0 bridgehead atoms. The van der Waals surface area contributed by atoms with Crippen LogP contribution in [0.25, 0.3) is 0 Å². The van der Waals surface area contributed by atoms with E-state index in [1.54, 1.807) is 18.0 Å². The number of anilines is 1. The van der Waals surface area contributed by atoms with Crippen molar-refractivity contribution in [1.29, 1.82) is 0 Å². The number of carbonyl (C=O) groups excluding carboxylic acids is 1. The second kappa shape index (κ2) is 7.12. The molecule has 0 aliphatic carbocycles. The third-order valence-corrected chi connectivity index (χ3v) is 3.72. The summed E-state index contributed by atoms with van der Waals surface area (Å²) in [6, 6.07) is 5.85. The van der Waals surface area contributed by atoms with Crippen LogP contribution in [0.4, 0.5) is 5.13 Å². The van der Waals surface area contributed by atoms with Crippen molar-refractivity contribution in [3.8, 4) is 0 Å². The second-order valence-electron chi connectivity index (χ2n) is 4.31. The minimum Gasteiger partial charge on any atom is -0.305 e. The molecule has 0 aromatic carbocycles. The molecule has 0 unspecified atom stereocenters. The standard InChI is InChI=1S/C14H18N4OS/c1-3-18(11(2)19)14-17-13(10-20-14)9-15-8-12-6-4-5-7-16-12/h4-7,10,15H,3,8-9H2,1-2H3. The fraction of sp³-hybridized carbons (Fsp3) is 0.357. The molecule has 0 aliphatic rings. The fourth-order valence-corrected chi connectivity index (χ4v) is 2.75. The van der Waals surface area contributed by atoms with E-state index >= 15 is 0 Å². The molecule has 0 atom stereocenters. The molecule has 0 aliphatic heterocycles. The van der Waals surface area contributed by atoms with Crippen LogP contribution in [0, 0.1) is 0 Å². The molecule has 5 nitrogen and oxygen atoms in total. The fourth-order valence-electron chi connectivity index (χ4n) is 1.82. The Morgan fingerprint density at radius 1 is 1.35 bits per heavy atom. The lowest BCUT2D eigenvalue weighted by atomic mass is 10.3. The highest BCUT2D eigenvalue weighted by atomic mass is 32.1. The number of thiazole rings is 1. The maximum atomic E-state index is 11.5. The Kier molecular flexibility index (Phi) is 5.20. The van der Waals surface area contributed by atoms with Crippen LogP contribution in [0.1, 0.15) is 25.2 Å². The summed E-state index contributed by atoms with van der Waals surface area (Å²) in [4.78, 5) is 21.8. The number of nitrogens with one attached hydrogen (secondary N) is 1. The molecule has 0 spiro atoms. The summed E-state index contributed by atoms with van der Waals surface area (Å²) < 4.78 is 0. The first kappa shape index (κ1) is 14.6. The number of aromatic nitrogens is 2. The van der Waals surface area contributed by atoms with Crippen molar-refractivity contribution < 1.29 is 4.79 Å². The van der Waals surface area contributed by atoms with E-state index < -0.39 is 0 Å². The Morgan fingerprint density at radius 3 is 2.80 bits per heavy atom. The maximum absolute atomic E-state index is 11.5. The van der Waals surface area contributed by atoms with Gasteiger partial charge in [0.05, 0.1) is 11.4 Å². The van der Waals surface area contributed by atoms with E-state index in [-0.39, 0.29) is 5.91 Å². The number of pyridine rings is 1. The number of amides is 1. The van der Waals surface area contributed by atoms with Gasteiger partial charge in [0.2, 0.25) is 5.91 Å². The summed E-state index contributed by atoms with van der Waals surface area (Å²) >= 11 is 1.50. The Labute approximate surface area is 122 Å². The van der Waals surface area contributed by atoms with E-state index in [1.165, 1.54) is 11.3 Å². The third kappa shape index (κ3) is 3.85. The van der Waals surface area contributed by atoms with Crippen molar-refractivity contribution in [2.75, 3.05) is 11.4 Å². The van der Waals surface area contributed by atoms with Crippen LogP contribution in [0.5, 0.6) is 0 Å². The number of hydrogen-bond donors (Lipinski definition) is 1. The van der Waals surface area contributed by atoms with Crippen molar-refractivity contribution >= 4 is 22.4 Å². The Morgan fingerprint density at radius 2 is 2.15 bits per heavy atom. The zero-order chi connectivity index (χ0) is 14.4. The first-order valence-electron chi connectivity index (χ1n) is 6.54. The molecule has 2 rings (SSSR count). The van der Waals surface area contributed by atoms with Gasteiger partial charge in [-0.25, -0.2) is 4.98 Å².